The lowest BCUT2D eigenvalue weighted by Gasteiger charge is -2.22. The zero-order valence-corrected chi connectivity index (χ0v) is 13.8. The summed E-state index contributed by atoms with van der Waals surface area (Å²) in [5.74, 6) is 0. The molecule has 1 rings (SSSR count). The van der Waals surface area contributed by atoms with Crippen LogP contribution in [-0.2, 0) is 0 Å². The molecule has 3 heteroatoms. The third-order valence-electron chi connectivity index (χ3n) is 4.43. The first-order valence-electron chi connectivity index (χ1n) is 8.84. The summed E-state index contributed by atoms with van der Waals surface area (Å²) in [5.41, 5.74) is 0. The standard InChI is InChI=1S/C17H36N2O/c1-3-4-5-6-7-8-9-10-11-12-13-17(20)19-15-14-18(2)16-19/h17,20H,3-16H2,1-2H3. The summed E-state index contributed by atoms with van der Waals surface area (Å²) < 4.78 is 0. The predicted octanol–water partition coefficient (Wildman–Crippen LogP) is 3.82. The number of hydrogen-bond acceptors (Lipinski definition) is 3. The third kappa shape index (κ3) is 8.23. The summed E-state index contributed by atoms with van der Waals surface area (Å²) in [6, 6.07) is 0. The fourth-order valence-corrected chi connectivity index (χ4v) is 2.99. The molecule has 1 aliphatic heterocycles. The number of hydrogen-bond donors (Lipinski definition) is 1. The van der Waals surface area contributed by atoms with Crippen molar-refractivity contribution in [2.45, 2.75) is 83.8 Å². The summed E-state index contributed by atoms with van der Waals surface area (Å²) in [7, 11) is 2.12. The lowest BCUT2D eigenvalue weighted by molar-refractivity contribution is 0.00360. The zero-order valence-electron chi connectivity index (χ0n) is 13.8. The SMILES string of the molecule is CCCCCCCCCCCCC(O)N1CCN(C)C1. The van der Waals surface area contributed by atoms with E-state index < -0.39 is 0 Å². The fraction of sp³-hybridized carbons (Fsp3) is 1.00. The van der Waals surface area contributed by atoms with E-state index in [1.165, 1.54) is 64.2 Å². The van der Waals surface area contributed by atoms with Crippen molar-refractivity contribution in [2.24, 2.45) is 0 Å². The van der Waals surface area contributed by atoms with Gasteiger partial charge in [0.2, 0.25) is 0 Å². The molecule has 1 atom stereocenters. The second-order valence-electron chi connectivity index (χ2n) is 6.48. The van der Waals surface area contributed by atoms with E-state index >= 15 is 0 Å². The molecule has 120 valence electrons. The van der Waals surface area contributed by atoms with Crippen molar-refractivity contribution in [1.82, 2.24) is 9.80 Å². The van der Waals surface area contributed by atoms with Gasteiger partial charge in [0.15, 0.2) is 0 Å². The van der Waals surface area contributed by atoms with Gasteiger partial charge in [-0.3, -0.25) is 9.80 Å². The minimum absolute atomic E-state index is 0.214. The minimum atomic E-state index is -0.214. The van der Waals surface area contributed by atoms with E-state index in [4.69, 9.17) is 0 Å². The molecule has 0 radical (unpaired) electrons. The van der Waals surface area contributed by atoms with Crippen molar-refractivity contribution >= 4 is 0 Å². The maximum Gasteiger partial charge on any atom is 0.108 e. The van der Waals surface area contributed by atoms with Crippen molar-refractivity contribution in [3.63, 3.8) is 0 Å². The topological polar surface area (TPSA) is 26.7 Å². The molecular weight excluding hydrogens is 248 g/mol. The van der Waals surface area contributed by atoms with Crippen LogP contribution in [0.5, 0.6) is 0 Å². The number of rotatable bonds is 12. The van der Waals surface area contributed by atoms with Crippen LogP contribution in [0, 0.1) is 0 Å². The van der Waals surface area contributed by atoms with Crippen LogP contribution in [0.3, 0.4) is 0 Å². The monoisotopic (exact) mass is 284 g/mol. The molecule has 1 heterocycles. The van der Waals surface area contributed by atoms with Gasteiger partial charge in [-0.15, -0.1) is 0 Å². The Balaban J connectivity index is 1.82. The first kappa shape index (κ1) is 17.9. The average molecular weight is 284 g/mol. The van der Waals surface area contributed by atoms with E-state index in [1.54, 1.807) is 0 Å². The molecule has 3 nitrogen and oxygen atoms in total. The van der Waals surface area contributed by atoms with Crippen LogP contribution in [-0.4, -0.2) is 47.9 Å². The summed E-state index contributed by atoms with van der Waals surface area (Å²) in [4.78, 5) is 4.45. The van der Waals surface area contributed by atoms with E-state index in [-0.39, 0.29) is 6.23 Å². The van der Waals surface area contributed by atoms with Crippen molar-refractivity contribution < 1.29 is 5.11 Å². The van der Waals surface area contributed by atoms with E-state index in [1.807, 2.05) is 0 Å². The van der Waals surface area contributed by atoms with Gasteiger partial charge < -0.3 is 5.11 Å². The Hall–Kier alpha value is -0.120. The molecule has 1 fully saturated rings. The number of likely N-dealkylation sites (N-methyl/N-ethyl adjacent to an activating group) is 1. The van der Waals surface area contributed by atoms with Crippen LogP contribution in [0.25, 0.3) is 0 Å². The molecule has 0 aromatic carbocycles. The molecule has 0 spiro atoms. The number of aliphatic hydroxyl groups is 1. The van der Waals surface area contributed by atoms with Crippen molar-refractivity contribution in [3.05, 3.63) is 0 Å². The molecule has 1 unspecified atom stereocenters. The van der Waals surface area contributed by atoms with Gasteiger partial charge in [0.25, 0.3) is 0 Å². The van der Waals surface area contributed by atoms with Crippen molar-refractivity contribution in [3.8, 4) is 0 Å². The average Bonchev–Trinajstić information content (AvgIpc) is 2.87. The summed E-state index contributed by atoms with van der Waals surface area (Å²) >= 11 is 0. The van der Waals surface area contributed by atoms with Crippen LogP contribution in [0.2, 0.25) is 0 Å². The Morgan fingerprint density at radius 2 is 1.40 bits per heavy atom. The Morgan fingerprint density at radius 1 is 0.850 bits per heavy atom. The molecular formula is C17H36N2O. The Kier molecular flexibility index (Phi) is 10.3. The normalized spacial score (nSPS) is 18.8. The highest BCUT2D eigenvalue weighted by atomic mass is 16.3. The minimum Gasteiger partial charge on any atom is -0.378 e. The van der Waals surface area contributed by atoms with Crippen LogP contribution in [0.4, 0.5) is 0 Å². The van der Waals surface area contributed by atoms with Crippen LogP contribution < -0.4 is 0 Å². The molecule has 0 amide bonds. The van der Waals surface area contributed by atoms with Gasteiger partial charge in [0.1, 0.15) is 6.23 Å². The second kappa shape index (κ2) is 11.5. The van der Waals surface area contributed by atoms with E-state index in [9.17, 15) is 5.11 Å². The van der Waals surface area contributed by atoms with Crippen molar-refractivity contribution in [1.29, 1.82) is 0 Å². The highest BCUT2D eigenvalue weighted by Crippen LogP contribution is 2.14. The first-order valence-corrected chi connectivity index (χ1v) is 8.84. The van der Waals surface area contributed by atoms with Gasteiger partial charge in [0.05, 0.1) is 6.67 Å². The largest absolute Gasteiger partial charge is 0.378 e. The lowest BCUT2D eigenvalue weighted by atomic mass is 10.1. The molecule has 0 saturated carbocycles. The number of aliphatic hydroxyl groups excluding tert-OH is 1. The highest BCUT2D eigenvalue weighted by molar-refractivity contribution is 4.70. The van der Waals surface area contributed by atoms with Gasteiger partial charge in [-0.25, -0.2) is 0 Å². The lowest BCUT2D eigenvalue weighted by Crippen LogP contribution is -2.34. The van der Waals surface area contributed by atoms with Crippen LogP contribution >= 0.6 is 0 Å². The molecule has 1 N–H and O–H groups in total. The van der Waals surface area contributed by atoms with Gasteiger partial charge >= 0.3 is 0 Å². The smallest absolute Gasteiger partial charge is 0.108 e. The Bertz CT molecular complexity index is 223. The summed E-state index contributed by atoms with van der Waals surface area (Å²) in [6.07, 6.45) is 14.4. The van der Waals surface area contributed by atoms with E-state index in [2.05, 4.69) is 23.8 Å². The van der Waals surface area contributed by atoms with Gasteiger partial charge in [0, 0.05) is 13.1 Å². The van der Waals surface area contributed by atoms with Gasteiger partial charge in [-0.05, 0) is 19.9 Å². The van der Waals surface area contributed by atoms with Crippen molar-refractivity contribution in [2.75, 3.05) is 26.8 Å². The molecule has 0 aliphatic carbocycles. The maximum atomic E-state index is 10.1. The van der Waals surface area contributed by atoms with E-state index in [0.717, 1.165) is 26.2 Å². The third-order valence-corrected chi connectivity index (χ3v) is 4.43. The molecule has 20 heavy (non-hydrogen) atoms. The fourth-order valence-electron chi connectivity index (χ4n) is 2.99. The molecule has 1 aliphatic rings. The van der Waals surface area contributed by atoms with Crippen LogP contribution in [0.1, 0.15) is 77.6 Å². The Morgan fingerprint density at radius 3 is 1.90 bits per heavy atom. The highest BCUT2D eigenvalue weighted by Gasteiger charge is 2.22. The molecule has 1 saturated heterocycles. The number of unbranched alkanes of at least 4 members (excludes halogenated alkanes) is 9. The van der Waals surface area contributed by atoms with Crippen LogP contribution in [0.15, 0.2) is 0 Å². The molecule has 0 bridgehead atoms. The number of nitrogens with zero attached hydrogens (tertiary/aromatic N) is 2. The summed E-state index contributed by atoms with van der Waals surface area (Å²) in [6.45, 7) is 5.32. The Labute approximate surface area is 126 Å². The quantitative estimate of drug-likeness (QED) is 0.552. The van der Waals surface area contributed by atoms with E-state index in [0.29, 0.717) is 0 Å². The zero-order chi connectivity index (χ0) is 14.6. The maximum absolute atomic E-state index is 10.1. The van der Waals surface area contributed by atoms with Gasteiger partial charge in [-0.1, -0.05) is 64.7 Å². The second-order valence-corrected chi connectivity index (χ2v) is 6.48. The summed E-state index contributed by atoms with van der Waals surface area (Å²) in [5, 5.41) is 10.1. The molecule has 0 aromatic rings. The predicted molar refractivity (Wildman–Crippen MR) is 86.7 cm³/mol. The first-order chi connectivity index (χ1) is 9.74. The molecule has 0 aromatic heterocycles. The van der Waals surface area contributed by atoms with Gasteiger partial charge in [-0.2, -0.15) is 0 Å².